The largest absolute Gasteiger partial charge is 0.489 e. The van der Waals surface area contributed by atoms with Gasteiger partial charge in [-0.1, -0.05) is 54.1 Å². The van der Waals surface area contributed by atoms with Gasteiger partial charge in [0, 0.05) is 10.7 Å². The van der Waals surface area contributed by atoms with Gasteiger partial charge in [0.25, 0.3) is 0 Å². The number of carbonyl (C=O) groups excluding carboxylic acids is 2. The summed E-state index contributed by atoms with van der Waals surface area (Å²) in [5, 5.41) is 7.06. The molecule has 3 aromatic carbocycles. The van der Waals surface area contributed by atoms with Crippen LogP contribution >= 0.6 is 11.6 Å². The van der Waals surface area contributed by atoms with Gasteiger partial charge in [-0.15, -0.1) is 0 Å². The normalized spacial score (nSPS) is 10.6. The summed E-state index contributed by atoms with van der Waals surface area (Å²) in [5.74, 6) is -0.997. The van der Waals surface area contributed by atoms with Gasteiger partial charge in [-0.05, 0) is 53.9 Å². The van der Waals surface area contributed by atoms with Gasteiger partial charge >= 0.3 is 11.8 Å². The van der Waals surface area contributed by atoms with E-state index < -0.39 is 11.8 Å². The summed E-state index contributed by atoms with van der Waals surface area (Å²) in [5.41, 5.74) is 5.36. The van der Waals surface area contributed by atoms with Crippen molar-refractivity contribution in [2.75, 3.05) is 5.32 Å². The highest BCUT2D eigenvalue weighted by atomic mass is 35.5. The highest BCUT2D eigenvalue weighted by Gasteiger charge is 2.13. The molecule has 0 aliphatic carbocycles. The zero-order valence-electron chi connectivity index (χ0n) is 16.3. The SMILES string of the molecule is Cc1ccccc1NC(=O)C(=O)NN=Cc1cccc(OCc2ccc(Cl)cc2)c1. The molecular weight excluding hydrogens is 402 g/mol. The van der Waals surface area contributed by atoms with Gasteiger partial charge in [0.2, 0.25) is 0 Å². The lowest BCUT2D eigenvalue weighted by Gasteiger charge is -2.07. The average Bonchev–Trinajstić information content (AvgIpc) is 2.75. The van der Waals surface area contributed by atoms with Crippen molar-refractivity contribution in [1.82, 2.24) is 5.43 Å². The van der Waals surface area contributed by atoms with E-state index >= 15 is 0 Å². The highest BCUT2D eigenvalue weighted by Crippen LogP contribution is 2.16. The number of carbonyl (C=O) groups is 2. The van der Waals surface area contributed by atoms with Crippen molar-refractivity contribution in [1.29, 1.82) is 0 Å². The van der Waals surface area contributed by atoms with Gasteiger partial charge in [-0.2, -0.15) is 5.10 Å². The molecule has 2 amide bonds. The number of anilines is 1. The van der Waals surface area contributed by atoms with Crippen LogP contribution in [0.4, 0.5) is 5.69 Å². The molecule has 6 nitrogen and oxygen atoms in total. The lowest BCUT2D eigenvalue weighted by Crippen LogP contribution is -2.32. The van der Waals surface area contributed by atoms with Crippen LogP contribution in [-0.4, -0.2) is 18.0 Å². The van der Waals surface area contributed by atoms with E-state index in [0.717, 1.165) is 11.1 Å². The van der Waals surface area contributed by atoms with Crippen LogP contribution < -0.4 is 15.5 Å². The predicted octanol–water partition coefficient (Wildman–Crippen LogP) is 4.32. The van der Waals surface area contributed by atoms with Crippen LogP contribution in [0.5, 0.6) is 5.75 Å². The molecule has 152 valence electrons. The highest BCUT2D eigenvalue weighted by molar-refractivity contribution is 6.39. The minimum Gasteiger partial charge on any atom is -0.489 e. The molecule has 0 radical (unpaired) electrons. The van der Waals surface area contributed by atoms with Gasteiger partial charge in [-0.25, -0.2) is 5.43 Å². The van der Waals surface area contributed by atoms with Crippen LogP contribution in [0.1, 0.15) is 16.7 Å². The number of para-hydroxylation sites is 1. The van der Waals surface area contributed by atoms with E-state index in [9.17, 15) is 9.59 Å². The van der Waals surface area contributed by atoms with Gasteiger partial charge in [0.1, 0.15) is 12.4 Å². The van der Waals surface area contributed by atoms with E-state index in [0.29, 0.717) is 28.6 Å². The summed E-state index contributed by atoms with van der Waals surface area (Å²) in [6.07, 6.45) is 1.44. The molecule has 3 aromatic rings. The maximum atomic E-state index is 12.0. The number of rotatable bonds is 6. The van der Waals surface area contributed by atoms with Gasteiger partial charge in [0.05, 0.1) is 6.21 Å². The van der Waals surface area contributed by atoms with Crippen LogP contribution in [0.15, 0.2) is 77.9 Å². The van der Waals surface area contributed by atoms with E-state index in [1.54, 1.807) is 36.4 Å². The summed E-state index contributed by atoms with van der Waals surface area (Å²) < 4.78 is 5.76. The maximum Gasteiger partial charge on any atom is 0.329 e. The molecule has 0 bridgehead atoms. The molecule has 0 aliphatic heterocycles. The summed E-state index contributed by atoms with van der Waals surface area (Å²) in [4.78, 5) is 23.9. The zero-order chi connectivity index (χ0) is 21.3. The molecule has 0 fully saturated rings. The van der Waals surface area contributed by atoms with E-state index in [2.05, 4.69) is 15.8 Å². The first kappa shape index (κ1) is 21.1. The lowest BCUT2D eigenvalue weighted by atomic mass is 10.2. The summed E-state index contributed by atoms with van der Waals surface area (Å²) in [7, 11) is 0. The Bertz CT molecular complexity index is 1070. The zero-order valence-corrected chi connectivity index (χ0v) is 17.0. The van der Waals surface area contributed by atoms with Crippen molar-refractivity contribution in [2.24, 2.45) is 5.10 Å². The predicted molar refractivity (Wildman–Crippen MR) is 118 cm³/mol. The Morgan fingerprint density at radius 2 is 1.77 bits per heavy atom. The quantitative estimate of drug-likeness (QED) is 0.353. The number of aryl methyl sites for hydroxylation is 1. The van der Waals surface area contributed by atoms with Crippen molar-refractivity contribution < 1.29 is 14.3 Å². The van der Waals surface area contributed by atoms with E-state index in [-0.39, 0.29) is 0 Å². The minimum atomic E-state index is -0.857. The standard InChI is InChI=1S/C23H20ClN3O3/c1-16-5-2-3-8-21(16)26-22(28)23(29)27-25-14-18-6-4-7-20(13-18)30-15-17-9-11-19(24)12-10-17/h2-14H,15H2,1H3,(H,26,28)(H,27,29). The number of halogens is 1. The van der Waals surface area contributed by atoms with Gasteiger partial charge in [0.15, 0.2) is 0 Å². The second-order valence-electron chi connectivity index (χ2n) is 6.46. The van der Waals surface area contributed by atoms with E-state index in [1.165, 1.54) is 6.21 Å². The Morgan fingerprint density at radius 3 is 2.53 bits per heavy atom. The molecule has 3 rings (SSSR count). The molecule has 0 unspecified atom stereocenters. The minimum absolute atomic E-state index is 0.396. The Balaban J connectivity index is 1.52. The van der Waals surface area contributed by atoms with Crippen molar-refractivity contribution in [3.63, 3.8) is 0 Å². The third-order valence-corrected chi connectivity index (χ3v) is 4.41. The van der Waals surface area contributed by atoms with Crippen LogP contribution in [-0.2, 0) is 16.2 Å². The molecule has 2 N–H and O–H groups in total. The fraction of sp³-hybridized carbons (Fsp3) is 0.0870. The van der Waals surface area contributed by atoms with Crippen molar-refractivity contribution in [2.45, 2.75) is 13.5 Å². The number of hydrazone groups is 1. The molecule has 0 saturated carbocycles. The molecule has 0 spiro atoms. The first-order valence-corrected chi connectivity index (χ1v) is 9.56. The van der Waals surface area contributed by atoms with Gasteiger partial charge in [-0.3, -0.25) is 9.59 Å². The Kier molecular flexibility index (Phi) is 7.19. The Labute approximate surface area is 179 Å². The fourth-order valence-corrected chi connectivity index (χ4v) is 2.67. The first-order chi connectivity index (χ1) is 14.5. The molecule has 7 heteroatoms. The van der Waals surface area contributed by atoms with Crippen molar-refractivity contribution in [3.05, 3.63) is 94.5 Å². The second kappa shape index (κ2) is 10.2. The van der Waals surface area contributed by atoms with E-state index in [1.807, 2.05) is 43.3 Å². The summed E-state index contributed by atoms with van der Waals surface area (Å²) >= 11 is 5.88. The second-order valence-corrected chi connectivity index (χ2v) is 6.89. The number of benzene rings is 3. The third-order valence-electron chi connectivity index (χ3n) is 4.16. The molecule has 30 heavy (non-hydrogen) atoms. The Hall–Kier alpha value is -3.64. The number of amides is 2. The monoisotopic (exact) mass is 421 g/mol. The fourth-order valence-electron chi connectivity index (χ4n) is 2.54. The Morgan fingerprint density at radius 1 is 1.00 bits per heavy atom. The van der Waals surface area contributed by atoms with E-state index in [4.69, 9.17) is 16.3 Å². The molecule has 0 aromatic heterocycles. The van der Waals surface area contributed by atoms with Crippen molar-refractivity contribution >= 4 is 35.3 Å². The molecular formula is C23H20ClN3O3. The third kappa shape index (κ3) is 6.18. The van der Waals surface area contributed by atoms with Gasteiger partial charge < -0.3 is 10.1 Å². The molecule has 0 aliphatic rings. The first-order valence-electron chi connectivity index (χ1n) is 9.18. The molecule has 0 saturated heterocycles. The average molecular weight is 422 g/mol. The lowest BCUT2D eigenvalue weighted by molar-refractivity contribution is -0.136. The number of hydrogen-bond donors (Lipinski definition) is 2. The topological polar surface area (TPSA) is 79.8 Å². The van der Waals surface area contributed by atoms with Crippen LogP contribution in [0, 0.1) is 6.92 Å². The van der Waals surface area contributed by atoms with Crippen molar-refractivity contribution in [3.8, 4) is 5.75 Å². The number of hydrogen-bond acceptors (Lipinski definition) is 4. The van der Waals surface area contributed by atoms with Crippen LogP contribution in [0.3, 0.4) is 0 Å². The number of nitrogens with one attached hydrogen (secondary N) is 2. The molecule has 0 atom stereocenters. The smallest absolute Gasteiger partial charge is 0.329 e. The molecule has 0 heterocycles. The number of nitrogens with zero attached hydrogens (tertiary/aromatic N) is 1. The van der Waals surface area contributed by atoms with Crippen LogP contribution in [0.25, 0.3) is 0 Å². The summed E-state index contributed by atoms with van der Waals surface area (Å²) in [6.45, 7) is 2.24. The number of ether oxygens (including phenoxy) is 1. The van der Waals surface area contributed by atoms with Crippen LogP contribution in [0.2, 0.25) is 5.02 Å². The summed E-state index contributed by atoms with van der Waals surface area (Å²) in [6, 6.07) is 21.8. The maximum absolute atomic E-state index is 12.0.